The minimum atomic E-state index is -0.555. The molecule has 0 amide bonds. The molecule has 5 nitrogen and oxygen atoms in total. The lowest BCUT2D eigenvalue weighted by Crippen LogP contribution is -2.49. The van der Waals surface area contributed by atoms with Crippen molar-refractivity contribution in [2.45, 2.75) is 18.9 Å². The van der Waals surface area contributed by atoms with Crippen molar-refractivity contribution < 1.29 is 8.78 Å². The van der Waals surface area contributed by atoms with Gasteiger partial charge in [0.2, 0.25) is 0 Å². The third kappa shape index (κ3) is 3.50. The molecule has 1 fully saturated rings. The zero-order chi connectivity index (χ0) is 20.7. The first kappa shape index (κ1) is 18.9. The summed E-state index contributed by atoms with van der Waals surface area (Å²) in [5.74, 6) is -1.07. The van der Waals surface area contributed by atoms with E-state index in [1.165, 1.54) is 12.1 Å². The van der Waals surface area contributed by atoms with Gasteiger partial charge in [-0.2, -0.15) is 0 Å². The number of aromatic nitrogens is 2. The van der Waals surface area contributed by atoms with E-state index in [1.807, 2.05) is 11.0 Å². The van der Waals surface area contributed by atoms with Crippen LogP contribution >= 0.6 is 0 Å². The summed E-state index contributed by atoms with van der Waals surface area (Å²) in [4.78, 5) is 24.0. The first-order valence-corrected chi connectivity index (χ1v) is 10.2. The van der Waals surface area contributed by atoms with Crippen LogP contribution in [0.25, 0.3) is 16.5 Å². The molecule has 154 valence electrons. The van der Waals surface area contributed by atoms with Crippen molar-refractivity contribution in [3.8, 4) is 0 Å². The number of pyridine rings is 2. The summed E-state index contributed by atoms with van der Waals surface area (Å²) in [6, 6.07) is 9.53. The number of nitrogens with one attached hydrogen (secondary N) is 1. The molecule has 30 heavy (non-hydrogen) atoms. The number of aromatic amines is 1. The lowest BCUT2D eigenvalue weighted by atomic mass is 10.1. The van der Waals surface area contributed by atoms with Crippen LogP contribution in [0.3, 0.4) is 0 Å². The lowest BCUT2D eigenvalue weighted by Gasteiger charge is -2.38. The monoisotopic (exact) mass is 408 g/mol. The van der Waals surface area contributed by atoms with E-state index in [-0.39, 0.29) is 5.56 Å². The maximum absolute atomic E-state index is 14.1. The fraction of sp³-hybridized carbons (Fsp3) is 0.304. The van der Waals surface area contributed by atoms with Crippen LogP contribution in [0.1, 0.15) is 18.5 Å². The summed E-state index contributed by atoms with van der Waals surface area (Å²) < 4.78 is 27.2. The standard InChI is InChI=1S/C23H22F2N4O/c24-16-4-6-22(19(25)13-16)29-10-8-28(9-11-29)17-5-3-15(12-17)20-14-21-18(23(30)27-20)2-1-7-26-21/h1-2,4,6-7,12-14,17H,3,5,8-11H2,(H,27,30). The van der Waals surface area contributed by atoms with Crippen molar-refractivity contribution in [3.63, 3.8) is 0 Å². The second-order valence-electron chi connectivity index (χ2n) is 7.87. The third-order valence-electron chi connectivity index (χ3n) is 6.10. The molecule has 3 aromatic rings. The number of piperazine rings is 1. The van der Waals surface area contributed by atoms with Gasteiger partial charge >= 0.3 is 0 Å². The van der Waals surface area contributed by atoms with Gasteiger partial charge in [0.05, 0.1) is 16.6 Å². The summed E-state index contributed by atoms with van der Waals surface area (Å²) in [7, 11) is 0. The van der Waals surface area contributed by atoms with Crippen molar-refractivity contribution in [2.75, 3.05) is 31.1 Å². The number of rotatable bonds is 3. The van der Waals surface area contributed by atoms with Crippen LogP contribution in [-0.2, 0) is 0 Å². The van der Waals surface area contributed by atoms with Gasteiger partial charge in [-0.1, -0.05) is 6.08 Å². The highest BCUT2D eigenvalue weighted by Crippen LogP contribution is 2.31. The molecule has 1 unspecified atom stereocenters. The molecule has 0 bridgehead atoms. The number of fused-ring (bicyclic) bond motifs is 1. The maximum Gasteiger partial charge on any atom is 0.257 e. The second kappa shape index (κ2) is 7.65. The van der Waals surface area contributed by atoms with Crippen LogP contribution in [0.4, 0.5) is 14.5 Å². The van der Waals surface area contributed by atoms with Crippen molar-refractivity contribution in [1.82, 2.24) is 14.9 Å². The fourth-order valence-corrected chi connectivity index (χ4v) is 4.51. The van der Waals surface area contributed by atoms with Gasteiger partial charge in [0.25, 0.3) is 5.56 Å². The van der Waals surface area contributed by atoms with E-state index in [0.717, 1.165) is 43.3 Å². The zero-order valence-corrected chi connectivity index (χ0v) is 16.4. The molecule has 0 radical (unpaired) electrons. The minimum Gasteiger partial charge on any atom is -0.367 e. The fourth-order valence-electron chi connectivity index (χ4n) is 4.51. The van der Waals surface area contributed by atoms with E-state index in [0.29, 0.717) is 35.7 Å². The van der Waals surface area contributed by atoms with Gasteiger partial charge < -0.3 is 9.88 Å². The zero-order valence-electron chi connectivity index (χ0n) is 16.4. The highest BCUT2D eigenvalue weighted by molar-refractivity contribution is 5.81. The smallest absolute Gasteiger partial charge is 0.257 e. The molecular formula is C23H22F2N4O. The summed E-state index contributed by atoms with van der Waals surface area (Å²) >= 11 is 0. The molecule has 0 spiro atoms. The van der Waals surface area contributed by atoms with Gasteiger partial charge in [-0.25, -0.2) is 8.78 Å². The van der Waals surface area contributed by atoms with Gasteiger partial charge in [0, 0.05) is 50.2 Å². The SMILES string of the molecule is O=c1[nH]c(C2=CC(N3CCN(c4ccc(F)cc4F)CC3)CC2)cc2ncccc12. The Hall–Kier alpha value is -3.06. The Morgan fingerprint density at radius 1 is 1.07 bits per heavy atom. The van der Waals surface area contributed by atoms with Crippen LogP contribution in [0.2, 0.25) is 0 Å². The second-order valence-corrected chi connectivity index (χ2v) is 7.87. The summed E-state index contributed by atoms with van der Waals surface area (Å²) in [6.07, 6.45) is 5.81. The number of anilines is 1. The van der Waals surface area contributed by atoms with E-state index in [9.17, 15) is 13.6 Å². The van der Waals surface area contributed by atoms with Crippen molar-refractivity contribution >= 4 is 22.2 Å². The summed E-state index contributed by atoms with van der Waals surface area (Å²) in [5.41, 5.74) is 3.02. The Morgan fingerprint density at radius 3 is 2.70 bits per heavy atom. The molecule has 2 aromatic heterocycles. The van der Waals surface area contributed by atoms with Gasteiger partial charge in [-0.3, -0.25) is 14.7 Å². The van der Waals surface area contributed by atoms with Gasteiger partial charge in [-0.15, -0.1) is 0 Å². The number of halogens is 2. The third-order valence-corrected chi connectivity index (χ3v) is 6.10. The number of allylic oxidation sites excluding steroid dienone is 1. The average Bonchev–Trinajstić information content (AvgIpc) is 3.24. The Morgan fingerprint density at radius 2 is 1.90 bits per heavy atom. The van der Waals surface area contributed by atoms with E-state index >= 15 is 0 Å². The van der Waals surface area contributed by atoms with Crippen molar-refractivity contribution in [2.24, 2.45) is 0 Å². The van der Waals surface area contributed by atoms with Crippen molar-refractivity contribution in [3.05, 3.63) is 76.4 Å². The highest BCUT2D eigenvalue weighted by Gasteiger charge is 2.27. The number of nitrogens with zero attached hydrogens (tertiary/aromatic N) is 3. The number of hydrogen-bond acceptors (Lipinski definition) is 4. The highest BCUT2D eigenvalue weighted by atomic mass is 19.1. The lowest BCUT2D eigenvalue weighted by molar-refractivity contribution is 0.214. The van der Waals surface area contributed by atoms with Crippen LogP contribution in [0.15, 0.2) is 53.5 Å². The Kier molecular flexibility index (Phi) is 4.83. The number of H-pyrrole nitrogens is 1. The topological polar surface area (TPSA) is 52.2 Å². The molecule has 7 heteroatoms. The van der Waals surface area contributed by atoms with Gasteiger partial charge in [-0.05, 0) is 48.7 Å². The van der Waals surface area contributed by atoms with E-state index in [2.05, 4.69) is 20.9 Å². The summed E-state index contributed by atoms with van der Waals surface area (Å²) in [6.45, 7) is 3.00. The van der Waals surface area contributed by atoms with Gasteiger partial charge in [0.15, 0.2) is 0 Å². The first-order valence-electron chi connectivity index (χ1n) is 10.2. The molecule has 5 rings (SSSR count). The molecule has 2 aliphatic rings. The largest absolute Gasteiger partial charge is 0.367 e. The normalized spacial score (nSPS) is 20.0. The molecule has 0 saturated carbocycles. The van der Waals surface area contributed by atoms with Crippen molar-refractivity contribution in [1.29, 1.82) is 0 Å². The Balaban J connectivity index is 1.30. The minimum absolute atomic E-state index is 0.116. The summed E-state index contributed by atoms with van der Waals surface area (Å²) in [5, 5.41) is 0.598. The van der Waals surface area contributed by atoms with Crippen LogP contribution in [0, 0.1) is 11.6 Å². The molecule has 1 aromatic carbocycles. The Labute approximate surface area is 172 Å². The predicted octanol–water partition coefficient (Wildman–Crippen LogP) is 3.57. The quantitative estimate of drug-likeness (QED) is 0.720. The van der Waals surface area contributed by atoms with Crippen LogP contribution < -0.4 is 10.5 Å². The Bertz CT molecular complexity index is 1180. The maximum atomic E-state index is 14.1. The first-order chi connectivity index (χ1) is 14.6. The molecule has 1 aliphatic heterocycles. The molecule has 3 heterocycles. The van der Waals surface area contributed by atoms with Crippen LogP contribution in [0.5, 0.6) is 0 Å². The molecule has 1 aliphatic carbocycles. The predicted molar refractivity (Wildman–Crippen MR) is 114 cm³/mol. The number of benzene rings is 1. The van der Waals surface area contributed by atoms with E-state index in [4.69, 9.17) is 0 Å². The average molecular weight is 408 g/mol. The molecular weight excluding hydrogens is 386 g/mol. The molecule has 1 atom stereocenters. The van der Waals surface area contributed by atoms with Gasteiger partial charge in [0.1, 0.15) is 11.6 Å². The number of hydrogen-bond donors (Lipinski definition) is 1. The molecule has 1 saturated heterocycles. The van der Waals surface area contributed by atoms with E-state index in [1.54, 1.807) is 18.3 Å². The van der Waals surface area contributed by atoms with Crippen LogP contribution in [-0.4, -0.2) is 47.1 Å². The molecule has 1 N–H and O–H groups in total. The van der Waals surface area contributed by atoms with E-state index < -0.39 is 11.6 Å².